The maximum Gasteiger partial charge on any atom is 0.133 e. The van der Waals surface area contributed by atoms with Gasteiger partial charge in [0.1, 0.15) is 5.82 Å². The molecular formula is C8H10FP. The Morgan fingerprint density at radius 1 is 1.20 bits per heavy atom. The Bertz CT molecular complexity index is 229. The van der Waals surface area contributed by atoms with Gasteiger partial charge in [0.25, 0.3) is 0 Å². The lowest BCUT2D eigenvalue weighted by atomic mass is 10.1. The van der Waals surface area contributed by atoms with E-state index in [4.69, 9.17) is 0 Å². The van der Waals surface area contributed by atoms with Crippen LogP contribution in [0.15, 0.2) is 12.1 Å². The maximum absolute atomic E-state index is 13.0. The van der Waals surface area contributed by atoms with Crippen LogP contribution < -0.4 is 5.30 Å². The molecule has 10 heavy (non-hydrogen) atoms. The van der Waals surface area contributed by atoms with Crippen LogP contribution in [0.3, 0.4) is 0 Å². The molecule has 0 bridgehead atoms. The Labute approximate surface area is 62.7 Å². The van der Waals surface area contributed by atoms with Gasteiger partial charge in [0.2, 0.25) is 0 Å². The van der Waals surface area contributed by atoms with Crippen molar-refractivity contribution in [3.63, 3.8) is 0 Å². The van der Waals surface area contributed by atoms with Crippen LogP contribution in [0.25, 0.3) is 0 Å². The predicted octanol–water partition coefficient (Wildman–Crippen LogP) is 1.94. The molecule has 0 saturated carbocycles. The second-order valence-corrected chi connectivity index (χ2v) is 3.00. The van der Waals surface area contributed by atoms with Gasteiger partial charge in [-0.3, -0.25) is 0 Å². The molecule has 0 N–H and O–H groups in total. The molecule has 0 aliphatic heterocycles. The first-order valence-corrected chi connectivity index (χ1v) is 3.72. The second kappa shape index (κ2) is 2.67. The molecule has 1 aromatic carbocycles. The summed E-state index contributed by atoms with van der Waals surface area (Å²) in [5.74, 6) is -0.106. The Balaban J connectivity index is 3.34. The fraction of sp³-hybridized carbons (Fsp3) is 0.250. The fourth-order valence-electron chi connectivity index (χ4n) is 0.798. The monoisotopic (exact) mass is 156 g/mol. The van der Waals surface area contributed by atoms with Crippen molar-refractivity contribution in [2.24, 2.45) is 0 Å². The molecule has 1 aromatic rings. The zero-order valence-corrected chi connectivity index (χ0v) is 7.26. The van der Waals surface area contributed by atoms with Crippen molar-refractivity contribution in [3.05, 3.63) is 29.1 Å². The fourth-order valence-corrected chi connectivity index (χ4v) is 1.12. The number of rotatable bonds is 0. The summed E-state index contributed by atoms with van der Waals surface area (Å²) in [6.07, 6.45) is 0. The standard InChI is InChI=1S/C8H10FP/c1-5-3-4-6(2)8(10)7(5)9/h3-4H,10H2,1-2H3. The van der Waals surface area contributed by atoms with Gasteiger partial charge in [0.15, 0.2) is 0 Å². The van der Waals surface area contributed by atoms with E-state index in [0.717, 1.165) is 5.56 Å². The first-order chi connectivity index (χ1) is 4.63. The molecule has 0 fully saturated rings. The highest BCUT2D eigenvalue weighted by Crippen LogP contribution is 2.08. The molecule has 0 heterocycles. The molecule has 0 spiro atoms. The van der Waals surface area contributed by atoms with Crippen molar-refractivity contribution in [1.82, 2.24) is 0 Å². The smallest absolute Gasteiger partial charge is 0.133 e. The first kappa shape index (κ1) is 7.68. The van der Waals surface area contributed by atoms with Gasteiger partial charge in [-0.05, 0) is 25.0 Å². The van der Waals surface area contributed by atoms with Crippen LogP contribution in [0.5, 0.6) is 0 Å². The summed E-state index contributed by atoms with van der Waals surface area (Å²) in [6, 6.07) is 3.71. The van der Waals surface area contributed by atoms with Gasteiger partial charge >= 0.3 is 0 Å². The summed E-state index contributed by atoms with van der Waals surface area (Å²) >= 11 is 0. The number of halogens is 1. The lowest BCUT2D eigenvalue weighted by molar-refractivity contribution is 0.626. The van der Waals surface area contributed by atoms with Crippen LogP contribution in [0.4, 0.5) is 4.39 Å². The number of hydrogen-bond acceptors (Lipinski definition) is 0. The highest BCUT2D eigenvalue weighted by atomic mass is 31.0. The molecule has 2 heteroatoms. The molecule has 1 rings (SSSR count). The molecule has 0 amide bonds. The van der Waals surface area contributed by atoms with Gasteiger partial charge in [0.05, 0.1) is 0 Å². The first-order valence-electron chi connectivity index (χ1n) is 3.14. The summed E-state index contributed by atoms with van der Waals surface area (Å²) in [6.45, 7) is 3.66. The van der Waals surface area contributed by atoms with Crippen LogP contribution in [0.1, 0.15) is 11.1 Å². The van der Waals surface area contributed by atoms with Gasteiger partial charge in [-0.1, -0.05) is 12.1 Å². The third-order valence-electron chi connectivity index (χ3n) is 1.59. The summed E-state index contributed by atoms with van der Waals surface area (Å²) in [7, 11) is 2.40. The van der Waals surface area contributed by atoms with Crippen LogP contribution in [0.2, 0.25) is 0 Å². The van der Waals surface area contributed by atoms with Crippen molar-refractivity contribution in [2.75, 3.05) is 0 Å². The van der Waals surface area contributed by atoms with Crippen molar-refractivity contribution >= 4 is 14.5 Å². The molecule has 0 radical (unpaired) electrons. The summed E-state index contributed by atoms with van der Waals surface area (Å²) in [5.41, 5.74) is 1.68. The van der Waals surface area contributed by atoms with Crippen molar-refractivity contribution in [2.45, 2.75) is 13.8 Å². The Kier molecular flexibility index (Phi) is 2.05. The Morgan fingerprint density at radius 2 is 1.70 bits per heavy atom. The van der Waals surface area contributed by atoms with Crippen LogP contribution in [-0.2, 0) is 0 Å². The minimum absolute atomic E-state index is 0.106. The number of benzene rings is 1. The number of hydrogen-bond donors (Lipinski definition) is 0. The summed E-state index contributed by atoms with van der Waals surface area (Å²) in [5, 5.41) is 0.681. The normalized spacial score (nSPS) is 10.0. The SMILES string of the molecule is Cc1ccc(C)c(P)c1F. The second-order valence-electron chi connectivity index (χ2n) is 2.43. The molecule has 0 aromatic heterocycles. The van der Waals surface area contributed by atoms with E-state index in [-0.39, 0.29) is 5.82 Å². The van der Waals surface area contributed by atoms with Gasteiger partial charge in [-0.25, -0.2) is 4.39 Å². The summed E-state index contributed by atoms with van der Waals surface area (Å²) in [4.78, 5) is 0. The minimum Gasteiger partial charge on any atom is -0.206 e. The Hall–Kier alpha value is -0.420. The molecule has 0 nitrogen and oxygen atoms in total. The zero-order chi connectivity index (χ0) is 7.72. The highest BCUT2D eigenvalue weighted by Gasteiger charge is 2.01. The lowest BCUT2D eigenvalue weighted by Crippen LogP contribution is -2.04. The lowest BCUT2D eigenvalue weighted by Gasteiger charge is -2.02. The van der Waals surface area contributed by atoms with E-state index in [0.29, 0.717) is 10.9 Å². The summed E-state index contributed by atoms with van der Waals surface area (Å²) < 4.78 is 13.0. The van der Waals surface area contributed by atoms with E-state index in [2.05, 4.69) is 9.24 Å². The van der Waals surface area contributed by atoms with E-state index in [9.17, 15) is 4.39 Å². The molecule has 54 valence electrons. The van der Waals surface area contributed by atoms with Gasteiger partial charge in [-0.2, -0.15) is 0 Å². The van der Waals surface area contributed by atoms with E-state index in [1.807, 2.05) is 13.0 Å². The zero-order valence-electron chi connectivity index (χ0n) is 6.11. The third-order valence-corrected chi connectivity index (χ3v) is 2.30. The topological polar surface area (TPSA) is 0 Å². The van der Waals surface area contributed by atoms with E-state index in [1.54, 1.807) is 13.0 Å². The molecule has 0 saturated heterocycles. The van der Waals surface area contributed by atoms with Gasteiger partial charge in [-0.15, -0.1) is 9.24 Å². The minimum atomic E-state index is -0.106. The molecule has 1 unspecified atom stereocenters. The Morgan fingerprint density at radius 3 is 2.20 bits per heavy atom. The van der Waals surface area contributed by atoms with E-state index >= 15 is 0 Å². The van der Waals surface area contributed by atoms with Crippen molar-refractivity contribution in [3.8, 4) is 0 Å². The van der Waals surface area contributed by atoms with Crippen LogP contribution >= 0.6 is 9.24 Å². The molecule has 0 aliphatic carbocycles. The average Bonchev–Trinajstić information content (AvgIpc) is 1.93. The number of aryl methyl sites for hydroxylation is 2. The highest BCUT2D eigenvalue weighted by molar-refractivity contribution is 7.27. The van der Waals surface area contributed by atoms with Gasteiger partial charge < -0.3 is 0 Å². The van der Waals surface area contributed by atoms with Crippen molar-refractivity contribution < 1.29 is 4.39 Å². The quantitative estimate of drug-likeness (QED) is 0.503. The van der Waals surface area contributed by atoms with Crippen molar-refractivity contribution in [1.29, 1.82) is 0 Å². The largest absolute Gasteiger partial charge is 0.206 e. The van der Waals surface area contributed by atoms with Crippen LogP contribution in [-0.4, -0.2) is 0 Å². The molecule has 0 aliphatic rings. The predicted molar refractivity (Wildman–Crippen MR) is 45.2 cm³/mol. The van der Waals surface area contributed by atoms with E-state index < -0.39 is 0 Å². The van der Waals surface area contributed by atoms with Gasteiger partial charge in [0, 0.05) is 5.30 Å². The molecular weight excluding hydrogens is 146 g/mol. The average molecular weight is 156 g/mol. The molecule has 1 atom stereocenters. The maximum atomic E-state index is 13.0. The third kappa shape index (κ3) is 1.19. The van der Waals surface area contributed by atoms with E-state index in [1.165, 1.54) is 0 Å². The van der Waals surface area contributed by atoms with Crippen LogP contribution in [0, 0.1) is 19.7 Å².